The topological polar surface area (TPSA) is 118 Å². The molecule has 0 atom stereocenters. The largest absolute Gasteiger partial charge is 0.497 e. The minimum atomic E-state index is -0.365. The summed E-state index contributed by atoms with van der Waals surface area (Å²) in [5.41, 5.74) is 5.84. The number of carbonyl (C=O) groups excluding carboxylic acids is 2. The second-order valence-corrected chi connectivity index (χ2v) is 6.04. The molecule has 0 bridgehead atoms. The maximum atomic E-state index is 12.6. The van der Waals surface area contributed by atoms with E-state index in [1.54, 1.807) is 23.1 Å². The van der Waals surface area contributed by atoms with E-state index in [9.17, 15) is 14.4 Å². The number of methoxy groups -OCH3 is 1. The van der Waals surface area contributed by atoms with Gasteiger partial charge < -0.3 is 25.7 Å². The maximum absolute atomic E-state index is 12.6. The zero-order valence-electron chi connectivity index (χ0n) is 13.9. The number of H-pyrrole nitrogens is 1. The number of hydrogen-bond donors (Lipinski definition) is 3. The van der Waals surface area contributed by atoms with E-state index in [2.05, 4.69) is 10.3 Å². The van der Waals surface area contributed by atoms with Crippen LogP contribution in [0.4, 0.5) is 10.5 Å². The van der Waals surface area contributed by atoms with Crippen molar-refractivity contribution in [2.45, 2.75) is 12.8 Å². The molecule has 0 saturated carbocycles. The molecule has 1 aliphatic rings. The molecule has 0 radical (unpaired) electrons. The SMILES string of the molecule is COc1ccc2[nH]cc(NC(=O)N3CCC(C(N)=O)CC3)c(=O)c2c1. The first-order chi connectivity index (χ1) is 12.0. The van der Waals surface area contributed by atoms with E-state index < -0.39 is 0 Å². The van der Waals surface area contributed by atoms with Crippen LogP contribution in [-0.2, 0) is 4.79 Å². The Hall–Kier alpha value is -3.03. The molecule has 2 heterocycles. The van der Waals surface area contributed by atoms with Crippen LogP contribution in [0.3, 0.4) is 0 Å². The molecule has 0 aliphatic carbocycles. The molecule has 0 spiro atoms. The number of nitrogens with zero attached hydrogens (tertiary/aromatic N) is 1. The molecule has 25 heavy (non-hydrogen) atoms. The van der Waals surface area contributed by atoms with Gasteiger partial charge in [-0.3, -0.25) is 9.59 Å². The van der Waals surface area contributed by atoms with Gasteiger partial charge in [0.2, 0.25) is 11.3 Å². The molecular weight excluding hydrogens is 324 g/mol. The number of benzene rings is 1. The summed E-state index contributed by atoms with van der Waals surface area (Å²) in [6.07, 6.45) is 2.55. The summed E-state index contributed by atoms with van der Waals surface area (Å²) in [5, 5.41) is 3.07. The molecule has 1 saturated heterocycles. The van der Waals surface area contributed by atoms with Crippen LogP contribution in [0.2, 0.25) is 0 Å². The zero-order valence-corrected chi connectivity index (χ0v) is 13.9. The smallest absolute Gasteiger partial charge is 0.321 e. The Morgan fingerprint density at radius 2 is 2.04 bits per heavy atom. The number of hydrogen-bond acceptors (Lipinski definition) is 4. The van der Waals surface area contributed by atoms with Crippen molar-refractivity contribution in [3.05, 3.63) is 34.6 Å². The quantitative estimate of drug-likeness (QED) is 0.777. The Morgan fingerprint density at radius 1 is 1.32 bits per heavy atom. The summed E-state index contributed by atoms with van der Waals surface area (Å²) >= 11 is 0. The first kappa shape index (κ1) is 16.8. The van der Waals surface area contributed by atoms with Gasteiger partial charge in [-0.25, -0.2) is 4.79 Å². The fourth-order valence-electron chi connectivity index (χ4n) is 2.98. The van der Waals surface area contributed by atoms with Crippen LogP contribution in [-0.4, -0.2) is 42.0 Å². The van der Waals surface area contributed by atoms with Crippen LogP contribution in [0.1, 0.15) is 12.8 Å². The van der Waals surface area contributed by atoms with Gasteiger partial charge in [-0.15, -0.1) is 0 Å². The number of pyridine rings is 1. The lowest BCUT2D eigenvalue weighted by Gasteiger charge is -2.30. The minimum Gasteiger partial charge on any atom is -0.497 e. The number of aromatic amines is 1. The summed E-state index contributed by atoms with van der Waals surface area (Å²) in [4.78, 5) is 40.7. The van der Waals surface area contributed by atoms with Gasteiger partial charge in [0.1, 0.15) is 11.4 Å². The van der Waals surface area contributed by atoms with Crippen LogP contribution >= 0.6 is 0 Å². The highest BCUT2D eigenvalue weighted by atomic mass is 16.5. The highest BCUT2D eigenvalue weighted by molar-refractivity contribution is 5.92. The molecule has 4 N–H and O–H groups in total. The molecule has 0 unspecified atom stereocenters. The van der Waals surface area contributed by atoms with Crippen LogP contribution in [0.5, 0.6) is 5.75 Å². The van der Waals surface area contributed by atoms with Crippen LogP contribution in [0, 0.1) is 5.92 Å². The molecular formula is C17H20N4O4. The predicted octanol–water partition coefficient (Wildman–Crippen LogP) is 1.27. The van der Waals surface area contributed by atoms with Crippen molar-refractivity contribution in [1.82, 2.24) is 9.88 Å². The van der Waals surface area contributed by atoms with Crippen LogP contribution in [0.15, 0.2) is 29.2 Å². The molecule has 8 nitrogen and oxygen atoms in total. The monoisotopic (exact) mass is 344 g/mol. The molecule has 1 fully saturated rings. The predicted molar refractivity (Wildman–Crippen MR) is 93.6 cm³/mol. The average Bonchev–Trinajstić information content (AvgIpc) is 2.63. The third-order valence-electron chi connectivity index (χ3n) is 4.51. The van der Waals surface area contributed by atoms with Crippen molar-refractivity contribution in [2.75, 3.05) is 25.5 Å². The number of aromatic nitrogens is 1. The summed E-state index contributed by atoms with van der Waals surface area (Å²) in [6.45, 7) is 0.859. The number of urea groups is 1. The van der Waals surface area contributed by atoms with Crippen LogP contribution < -0.4 is 21.2 Å². The lowest BCUT2D eigenvalue weighted by atomic mass is 9.96. The number of carbonyl (C=O) groups is 2. The second kappa shape index (κ2) is 6.84. The van der Waals surface area contributed by atoms with Crippen molar-refractivity contribution >= 4 is 28.5 Å². The molecule has 1 aliphatic heterocycles. The van der Waals surface area contributed by atoms with Gasteiger partial charge in [0, 0.05) is 30.7 Å². The van der Waals surface area contributed by atoms with Crippen molar-refractivity contribution in [3.8, 4) is 5.75 Å². The van der Waals surface area contributed by atoms with Gasteiger partial charge in [0.05, 0.1) is 12.5 Å². The minimum absolute atomic E-state index is 0.169. The van der Waals surface area contributed by atoms with Gasteiger partial charge in [-0.05, 0) is 31.0 Å². The highest BCUT2D eigenvalue weighted by Gasteiger charge is 2.26. The van der Waals surface area contributed by atoms with E-state index in [1.165, 1.54) is 13.3 Å². The fraction of sp³-hybridized carbons (Fsp3) is 0.353. The van der Waals surface area contributed by atoms with E-state index in [1.807, 2.05) is 0 Å². The Morgan fingerprint density at radius 3 is 2.68 bits per heavy atom. The molecule has 3 rings (SSSR count). The van der Waals surface area contributed by atoms with E-state index in [0.717, 1.165) is 0 Å². The third kappa shape index (κ3) is 3.42. The fourth-order valence-corrected chi connectivity index (χ4v) is 2.98. The van der Waals surface area contributed by atoms with Crippen LogP contribution in [0.25, 0.3) is 10.9 Å². The summed E-state index contributed by atoms with van der Waals surface area (Å²) in [5.74, 6) is 0.0376. The molecule has 132 valence electrons. The Kier molecular flexibility index (Phi) is 4.60. The molecule has 8 heteroatoms. The highest BCUT2D eigenvalue weighted by Crippen LogP contribution is 2.19. The van der Waals surface area contributed by atoms with E-state index >= 15 is 0 Å². The number of rotatable bonds is 3. The van der Waals surface area contributed by atoms with E-state index in [4.69, 9.17) is 10.5 Å². The third-order valence-corrected chi connectivity index (χ3v) is 4.51. The number of piperidine rings is 1. The summed E-state index contributed by atoms with van der Waals surface area (Å²) in [7, 11) is 1.52. The van der Waals surface area contributed by atoms with Crippen molar-refractivity contribution in [3.63, 3.8) is 0 Å². The number of likely N-dealkylation sites (tertiary alicyclic amines) is 1. The van der Waals surface area contributed by atoms with Crippen molar-refractivity contribution in [2.24, 2.45) is 11.7 Å². The summed E-state index contributed by atoms with van der Waals surface area (Å²) in [6, 6.07) is 4.76. The first-order valence-corrected chi connectivity index (χ1v) is 8.04. The van der Waals surface area contributed by atoms with Crippen molar-refractivity contribution < 1.29 is 14.3 Å². The lowest BCUT2D eigenvalue weighted by molar-refractivity contribution is -0.122. The van der Waals surface area contributed by atoms with Gasteiger partial charge >= 0.3 is 6.03 Å². The van der Waals surface area contributed by atoms with E-state index in [0.29, 0.717) is 42.6 Å². The van der Waals surface area contributed by atoms with Gasteiger partial charge in [0.25, 0.3) is 0 Å². The maximum Gasteiger partial charge on any atom is 0.321 e. The Labute approximate surface area is 143 Å². The molecule has 1 aromatic carbocycles. The molecule has 2 aromatic rings. The average molecular weight is 344 g/mol. The lowest BCUT2D eigenvalue weighted by Crippen LogP contribution is -2.44. The number of nitrogens with two attached hydrogens (primary N) is 1. The molecule has 3 amide bonds. The number of primary amides is 1. The van der Waals surface area contributed by atoms with Crippen molar-refractivity contribution in [1.29, 1.82) is 0 Å². The second-order valence-electron chi connectivity index (χ2n) is 6.04. The number of amides is 3. The number of anilines is 1. The summed E-state index contributed by atoms with van der Waals surface area (Å²) < 4.78 is 5.14. The Balaban J connectivity index is 1.76. The zero-order chi connectivity index (χ0) is 18.0. The van der Waals surface area contributed by atoms with E-state index in [-0.39, 0.29) is 29.0 Å². The number of fused-ring (bicyclic) bond motifs is 1. The molecule has 1 aromatic heterocycles. The number of nitrogens with one attached hydrogen (secondary N) is 2. The van der Waals surface area contributed by atoms with Gasteiger partial charge in [0.15, 0.2) is 0 Å². The standard InChI is InChI=1S/C17H20N4O4/c1-25-11-2-3-13-12(8-11)15(22)14(9-19-13)20-17(24)21-6-4-10(5-7-21)16(18)23/h2-3,8-10H,4-7H2,1H3,(H2,18,23)(H,19,22)(H,20,24). The van der Waals surface area contributed by atoms with Gasteiger partial charge in [-0.2, -0.15) is 0 Å². The van der Waals surface area contributed by atoms with Gasteiger partial charge in [-0.1, -0.05) is 0 Å². The first-order valence-electron chi connectivity index (χ1n) is 8.04. The number of ether oxygens (including phenoxy) is 1. The normalized spacial score (nSPS) is 15.2. The Bertz CT molecular complexity index is 869.